The lowest BCUT2D eigenvalue weighted by atomic mass is 9.81. The lowest BCUT2D eigenvalue weighted by Gasteiger charge is -2.30. The molecule has 12 nitrogen and oxygen atoms in total. The zero-order valence-electron chi connectivity index (χ0n) is 35.3. The molecule has 1 aliphatic carbocycles. The molecule has 3 aromatic carbocycles. The maximum atomic E-state index is 13.7. The Kier molecular flexibility index (Phi) is 10.4. The summed E-state index contributed by atoms with van der Waals surface area (Å²) in [5.41, 5.74) is 10.3. The topological polar surface area (TPSA) is 146 Å². The minimum atomic E-state index is -0.684. The van der Waals surface area contributed by atoms with Crippen LogP contribution in [-0.2, 0) is 19.7 Å². The van der Waals surface area contributed by atoms with Gasteiger partial charge in [0.2, 0.25) is 5.91 Å². The van der Waals surface area contributed by atoms with Gasteiger partial charge in [-0.1, -0.05) is 76.2 Å². The second kappa shape index (κ2) is 15.4. The number of likely N-dealkylation sites (tertiary alicyclic amines) is 2. The minimum absolute atomic E-state index is 0.101. The van der Waals surface area contributed by atoms with Crippen molar-refractivity contribution in [3.05, 3.63) is 95.8 Å². The number of hydrogen-bond donors (Lipinski definition) is 3. The van der Waals surface area contributed by atoms with E-state index in [-0.39, 0.29) is 35.4 Å². The predicted octanol–water partition coefficient (Wildman–Crippen LogP) is 9.56. The summed E-state index contributed by atoms with van der Waals surface area (Å²) < 4.78 is 10.5. The van der Waals surface area contributed by atoms with Crippen molar-refractivity contribution in [1.82, 2.24) is 35.1 Å². The Hall–Kier alpha value is -5.91. The van der Waals surface area contributed by atoms with Crippen LogP contribution in [0.3, 0.4) is 0 Å². The third kappa shape index (κ3) is 7.61. The molecule has 59 heavy (non-hydrogen) atoms. The lowest BCUT2D eigenvalue weighted by molar-refractivity contribution is -0.135. The van der Waals surface area contributed by atoms with Gasteiger partial charge in [-0.25, -0.2) is 19.6 Å². The van der Waals surface area contributed by atoms with Crippen LogP contribution in [0.5, 0.6) is 0 Å². The van der Waals surface area contributed by atoms with Crippen LogP contribution in [0.2, 0.25) is 0 Å². The summed E-state index contributed by atoms with van der Waals surface area (Å²) in [5, 5.41) is 2.72. The Bertz CT molecular complexity index is 2390. The second-order valence-corrected chi connectivity index (χ2v) is 18.0. The highest BCUT2D eigenvalue weighted by Gasteiger charge is 2.39. The molecule has 3 N–H and O–H groups in total. The molecule has 3 atom stereocenters. The number of nitrogens with zero attached hydrogens (tertiary/aromatic N) is 4. The fourth-order valence-electron chi connectivity index (χ4n) is 9.02. The number of imidazole rings is 2. The smallest absolute Gasteiger partial charge is 0.410 e. The maximum absolute atomic E-state index is 13.7. The zero-order chi connectivity index (χ0) is 41.8. The van der Waals surface area contributed by atoms with Gasteiger partial charge in [-0.2, -0.15) is 0 Å². The van der Waals surface area contributed by atoms with Crippen LogP contribution in [0.4, 0.5) is 9.59 Å². The Morgan fingerprint density at radius 3 is 1.85 bits per heavy atom. The van der Waals surface area contributed by atoms with Crippen LogP contribution >= 0.6 is 0 Å². The zero-order valence-corrected chi connectivity index (χ0v) is 35.3. The number of H-pyrrole nitrogens is 2. The van der Waals surface area contributed by atoms with Crippen molar-refractivity contribution in [3.63, 3.8) is 0 Å². The lowest BCUT2D eigenvalue weighted by Crippen LogP contribution is -2.51. The molecule has 2 aliphatic heterocycles. The van der Waals surface area contributed by atoms with Crippen LogP contribution in [0.25, 0.3) is 44.8 Å². The normalized spacial score (nSPS) is 18.8. The van der Waals surface area contributed by atoms with E-state index in [4.69, 9.17) is 19.4 Å². The van der Waals surface area contributed by atoms with Gasteiger partial charge in [-0.15, -0.1) is 0 Å². The molecule has 0 saturated carbocycles. The van der Waals surface area contributed by atoms with E-state index in [1.54, 1.807) is 4.90 Å². The molecule has 0 bridgehead atoms. The van der Waals surface area contributed by atoms with Crippen LogP contribution in [0, 0.1) is 5.92 Å². The van der Waals surface area contributed by atoms with Gasteiger partial charge in [-0.3, -0.25) is 9.69 Å². The van der Waals surface area contributed by atoms with E-state index >= 15 is 0 Å². The summed E-state index contributed by atoms with van der Waals surface area (Å²) in [7, 11) is 1.30. The summed E-state index contributed by atoms with van der Waals surface area (Å²) in [6.45, 7) is 15.3. The van der Waals surface area contributed by atoms with Crippen molar-refractivity contribution >= 4 is 18.1 Å². The summed E-state index contributed by atoms with van der Waals surface area (Å²) in [4.78, 5) is 58.8. The van der Waals surface area contributed by atoms with Crippen LogP contribution in [0.1, 0.15) is 109 Å². The van der Waals surface area contributed by atoms with Crippen molar-refractivity contribution < 1.29 is 23.9 Å². The second-order valence-electron chi connectivity index (χ2n) is 18.0. The van der Waals surface area contributed by atoms with E-state index in [9.17, 15) is 14.4 Å². The number of carbonyl (C=O) groups is 3. The first-order valence-electron chi connectivity index (χ1n) is 20.8. The third-order valence-electron chi connectivity index (χ3n) is 12.1. The fraction of sp³-hybridized carbons (Fsp3) is 0.426. The highest BCUT2D eigenvalue weighted by Crippen LogP contribution is 2.50. The highest BCUT2D eigenvalue weighted by atomic mass is 16.6. The van der Waals surface area contributed by atoms with Crippen LogP contribution in [0.15, 0.2) is 73.1 Å². The largest absolute Gasteiger partial charge is 0.453 e. The number of amides is 3. The van der Waals surface area contributed by atoms with E-state index in [1.165, 1.54) is 29.4 Å². The summed E-state index contributed by atoms with van der Waals surface area (Å²) >= 11 is 0. The maximum Gasteiger partial charge on any atom is 0.410 e. The van der Waals surface area contributed by atoms with E-state index in [2.05, 4.69) is 89.8 Å². The average Bonchev–Trinajstić information content (AvgIpc) is 4.06. The Labute approximate surface area is 346 Å². The molecule has 308 valence electrons. The number of nitrogens with one attached hydrogen (secondary N) is 3. The first-order valence-corrected chi connectivity index (χ1v) is 20.8. The van der Waals surface area contributed by atoms with Crippen molar-refractivity contribution in [3.8, 4) is 44.8 Å². The van der Waals surface area contributed by atoms with Crippen LogP contribution < -0.4 is 5.32 Å². The number of carbonyl (C=O) groups excluding carboxylic acids is 3. The van der Waals surface area contributed by atoms with Gasteiger partial charge in [0.15, 0.2) is 0 Å². The molecule has 4 heterocycles. The van der Waals surface area contributed by atoms with Gasteiger partial charge in [0, 0.05) is 18.5 Å². The minimum Gasteiger partial charge on any atom is -0.453 e. The molecule has 12 heteroatoms. The molecular formula is C47H55N7O5. The fourth-order valence-corrected chi connectivity index (χ4v) is 9.02. The predicted molar refractivity (Wildman–Crippen MR) is 227 cm³/mol. The first-order chi connectivity index (χ1) is 28.1. The number of hydrogen-bond acceptors (Lipinski definition) is 7. The van der Waals surface area contributed by atoms with Gasteiger partial charge in [0.05, 0.1) is 43.0 Å². The van der Waals surface area contributed by atoms with Crippen molar-refractivity contribution in [2.75, 3.05) is 20.2 Å². The Balaban J connectivity index is 0.980. The number of methoxy groups -OCH3 is 1. The summed E-state index contributed by atoms with van der Waals surface area (Å²) in [5.74, 6) is 1.30. The molecule has 8 rings (SSSR count). The van der Waals surface area contributed by atoms with Crippen LogP contribution in [-0.4, -0.2) is 79.7 Å². The number of aromatic nitrogens is 4. The SMILES string of the molecule is COC(=O)N[C@H](C(=O)N1CCC[C@H]1c1ncc(-c2ccc3c(c2)C(C)(C)c2cc(-c4ccc(-c5cnc([C@@H]6CCCN6C(=O)OC(C)(C)C)[nH]5)cc4)ccc2-3)[nH]1)C(C)C. The average molecular weight is 798 g/mol. The molecular weight excluding hydrogens is 743 g/mol. The number of ether oxygens (including phenoxy) is 2. The molecule has 2 aromatic heterocycles. The van der Waals surface area contributed by atoms with Crippen molar-refractivity contribution in [2.24, 2.45) is 5.92 Å². The molecule has 0 spiro atoms. The molecule has 0 unspecified atom stereocenters. The molecule has 2 saturated heterocycles. The van der Waals surface area contributed by atoms with Gasteiger partial charge in [-0.05, 0) is 109 Å². The number of rotatable bonds is 8. The van der Waals surface area contributed by atoms with Crippen molar-refractivity contribution in [2.45, 2.75) is 103 Å². The third-order valence-corrected chi connectivity index (χ3v) is 12.1. The van der Waals surface area contributed by atoms with E-state index < -0.39 is 17.7 Å². The summed E-state index contributed by atoms with van der Waals surface area (Å²) in [6.07, 6.45) is 6.20. The Morgan fingerprint density at radius 1 is 0.763 bits per heavy atom. The summed E-state index contributed by atoms with van der Waals surface area (Å²) in [6, 6.07) is 20.9. The molecule has 2 fully saturated rings. The molecule has 0 radical (unpaired) electrons. The quantitative estimate of drug-likeness (QED) is 0.142. The van der Waals surface area contributed by atoms with Crippen molar-refractivity contribution in [1.29, 1.82) is 0 Å². The number of benzene rings is 3. The number of fused-ring (bicyclic) bond motifs is 3. The van der Waals surface area contributed by atoms with Gasteiger partial charge >= 0.3 is 12.2 Å². The Morgan fingerprint density at radius 2 is 1.27 bits per heavy atom. The molecule has 3 aliphatic rings. The first kappa shape index (κ1) is 39.9. The monoisotopic (exact) mass is 797 g/mol. The highest BCUT2D eigenvalue weighted by molar-refractivity contribution is 5.87. The van der Waals surface area contributed by atoms with Gasteiger partial charge in [0.25, 0.3) is 0 Å². The van der Waals surface area contributed by atoms with E-state index in [0.29, 0.717) is 13.1 Å². The number of alkyl carbamates (subject to hydrolysis) is 1. The molecule has 3 amide bonds. The van der Waals surface area contributed by atoms with E-state index in [0.717, 1.165) is 71.0 Å². The standard InChI is InChI=1S/C47H55N7O5/c1-27(2)40(52-44(56)58-8)43(55)53-21-9-11-38(53)41-49-26-37(51-41)31-18-20-33-32-19-17-30(23-34(32)47(6,7)35(33)24-31)28-13-15-29(16-14-28)36-25-48-42(50-36)39-12-10-22-54(39)45(57)59-46(3,4)5/h13-20,23-27,38-40H,9-12,21-22H2,1-8H3,(H,48,50)(H,49,51)(H,52,56)/t38-,39-,40-/m0/s1. The van der Waals surface area contributed by atoms with E-state index in [1.807, 2.05) is 51.9 Å². The van der Waals surface area contributed by atoms with Gasteiger partial charge < -0.3 is 29.7 Å². The van der Waals surface area contributed by atoms with Gasteiger partial charge in [0.1, 0.15) is 23.3 Å². The number of aromatic amines is 2. The molecule has 5 aromatic rings.